The summed E-state index contributed by atoms with van der Waals surface area (Å²) in [5.74, 6) is -0.579. The van der Waals surface area contributed by atoms with Crippen molar-refractivity contribution in [2.45, 2.75) is 13.5 Å². The summed E-state index contributed by atoms with van der Waals surface area (Å²) in [5, 5.41) is 9.61. The van der Waals surface area contributed by atoms with Gasteiger partial charge in [-0.15, -0.1) is 0 Å². The third-order valence-corrected chi connectivity index (χ3v) is 2.61. The van der Waals surface area contributed by atoms with Crippen molar-refractivity contribution in [1.82, 2.24) is 9.78 Å². The summed E-state index contributed by atoms with van der Waals surface area (Å²) in [6.45, 7) is 5.42. The normalized spacial score (nSPS) is 10.1. The van der Waals surface area contributed by atoms with Crippen molar-refractivity contribution in [3.63, 3.8) is 0 Å². The highest BCUT2D eigenvalue weighted by Crippen LogP contribution is 2.20. The summed E-state index contributed by atoms with van der Waals surface area (Å²) < 4.78 is 15.2. The Kier molecular flexibility index (Phi) is 4.14. The van der Waals surface area contributed by atoms with Crippen molar-refractivity contribution < 1.29 is 9.18 Å². The molecule has 20 heavy (non-hydrogen) atoms. The van der Waals surface area contributed by atoms with E-state index in [4.69, 9.17) is 0 Å². The fourth-order valence-corrected chi connectivity index (χ4v) is 1.71. The summed E-state index contributed by atoms with van der Waals surface area (Å²) in [5.41, 5.74) is 1.76. The van der Waals surface area contributed by atoms with Crippen molar-refractivity contribution in [3.05, 3.63) is 48.6 Å². The summed E-state index contributed by atoms with van der Waals surface area (Å²) in [6, 6.07) is 4.37. The van der Waals surface area contributed by atoms with Gasteiger partial charge >= 0.3 is 0 Å². The fourth-order valence-electron chi connectivity index (χ4n) is 1.71. The molecular formula is C14H15FN4O. The molecule has 6 heteroatoms. The van der Waals surface area contributed by atoms with E-state index in [1.165, 1.54) is 19.1 Å². The van der Waals surface area contributed by atoms with E-state index in [1.54, 1.807) is 29.3 Å². The smallest absolute Gasteiger partial charge is 0.221 e. The van der Waals surface area contributed by atoms with Crippen LogP contribution in [-0.4, -0.2) is 15.7 Å². The lowest BCUT2D eigenvalue weighted by Crippen LogP contribution is -2.07. The Morgan fingerprint density at radius 2 is 2.35 bits per heavy atom. The SMILES string of the molecule is C=Cn1cc(CNc2cc(NC(C)=O)ccc2F)cn1. The average Bonchev–Trinajstić information content (AvgIpc) is 2.87. The standard InChI is InChI=1S/C14H15FN4O/c1-3-19-9-11(8-17-19)7-16-14-6-12(18-10(2)20)4-5-13(14)15/h3-6,8-9,16H,1,7H2,2H3,(H,18,20). The molecule has 1 heterocycles. The molecule has 1 amide bonds. The maximum Gasteiger partial charge on any atom is 0.221 e. The van der Waals surface area contributed by atoms with Gasteiger partial charge in [0.15, 0.2) is 0 Å². The molecule has 0 saturated heterocycles. The van der Waals surface area contributed by atoms with E-state index in [0.29, 0.717) is 17.9 Å². The van der Waals surface area contributed by atoms with Gasteiger partial charge in [0, 0.05) is 37.1 Å². The number of hydrogen-bond acceptors (Lipinski definition) is 3. The molecule has 104 valence electrons. The highest BCUT2D eigenvalue weighted by Gasteiger charge is 2.05. The number of hydrogen-bond donors (Lipinski definition) is 2. The first-order chi connectivity index (χ1) is 9.58. The lowest BCUT2D eigenvalue weighted by molar-refractivity contribution is -0.114. The number of aromatic nitrogens is 2. The van der Waals surface area contributed by atoms with E-state index in [2.05, 4.69) is 22.3 Å². The van der Waals surface area contributed by atoms with Crippen LogP contribution in [0.25, 0.3) is 6.20 Å². The first kappa shape index (κ1) is 13.8. The van der Waals surface area contributed by atoms with Crippen LogP contribution in [0, 0.1) is 5.82 Å². The minimum atomic E-state index is -0.379. The van der Waals surface area contributed by atoms with Crippen LogP contribution in [0.1, 0.15) is 12.5 Å². The molecule has 1 aromatic carbocycles. The van der Waals surface area contributed by atoms with Crippen LogP contribution < -0.4 is 10.6 Å². The van der Waals surface area contributed by atoms with Gasteiger partial charge in [0.1, 0.15) is 5.82 Å². The van der Waals surface area contributed by atoms with Crippen molar-refractivity contribution >= 4 is 23.5 Å². The number of carbonyl (C=O) groups excluding carboxylic acids is 1. The molecule has 0 unspecified atom stereocenters. The Hall–Kier alpha value is -2.63. The topological polar surface area (TPSA) is 59.0 Å². The Balaban J connectivity index is 2.07. The van der Waals surface area contributed by atoms with Crippen LogP contribution in [0.5, 0.6) is 0 Å². The molecule has 0 radical (unpaired) electrons. The van der Waals surface area contributed by atoms with Crippen LogP contribution >= 0.6 is 0 Å². The molecule has 5 nitrogen and oxygen atoms in total. The Bertz CT molecular complexity index is 636. The second-order valence-corrected chi connectivity index (χ2v) is 4.24. The lowest BCUT2D eigenvalue weighted by atomic mass is 10.2. The molecule has 2 N–H and O–H groups in total. The number of amides is 1. The first-order valence-corrected chi connectivity index (χ1v) is 6.05. The highest BCUT2D eigenvalue weighted by atomic mass is 19.1. The largest absolute Gasteiger partial charge is 0.378 e. The van der Waals surface area contributed by atoms with Crippen molar-refractivity contribution in [2.24, 2.45) is 0 Å². The van der Waals surface area contributed by atoms with Gasteiger partial charge in [-0.25, -0.2) is 9.07 Å². The van der Waals surface area contributed by atoms with Gasteiger partial charge in [0.25, 0.3) is 0 Å². The number of nitrogens with zero attached hydrogens (tertiary/aromatic N) is 2. The second kappa shape index (κ2) is 6.01. The van der Waals surface area contributed by atoms with E-state index in [9.17, 15) is 9.18 Å². The van der Waals surface area contributed by atoms with Crippen LogP contribution in [-0.2, 0) is 11.3 Å². The Morgan fingerprint density at radius 1 is 1.55 bits per heavy atom. The minimum Gasteiger partial charge on any atom is -0.378 e. The molecule has 0 saturated carbocycles. The number of anilines is 2. The summed E-state index contributed by atoms with van der Waals surface area (Å²) in [6.07, 6.45) is 5.03. The van der Waals surface area contributed by atoms with E-state index in [0.717, 1.165) is 5.56 Å². The highest BCUT2D eigenvalue weighted by molar-refractivity contribution is 5.89. The van der Waals surface area contributed by atoms with Crippen LogP contribution in [0.15, 0.2) is 37.2 Å². The maximum absolute atomic E-state index is 13.7. The van der Waals surface area contributed by atoms with Crippen LogP contribution in [0.3, 0.4) is 0 Å². The first-order valence-electron chi connectivity index (χ1n) is 6.05. The number of nitrogens with one attached hydrogen (secondary N) is 2. The van der Waals surface area contributed by atoms with Gasteiger partial charge in [0.05, 0.1) is 11.9 Å². The van der Waals surface area contributed by atoms with Crippen LogP contribution in [0.2, 0.25) is 0 Å². The summed E-state index contributed by atoms with van der Waals surface area (Å²) in [7, 11) is 0. The zero-order valence-corrected chi connectivity index (χ0v) is 11.1. The van der Waals surface area contributed by atoms with Gasteiger partial charge in [-0.3, -0.25) is 4.79 Å². The van der Waals surface area contributed by atoms with E-state index < -0.39 is 0 Å². The number of benzene rings is 1. The Labute approximate surface area is 116 Å². The fraction of sp³-hybridized carbons (Fsp3) is 0.143. The monoisotopic (exact) mass is 274 g/mol. The molecule has 0 fully saturated rings. The molecule has 2 rings (SSSR count). The molecule has 1 aromatic heterocycles. The van der Waals surface area contributed by atoms with E-state index >= 15 is 0 Å². The quantitative estimate of drug-likeness (QED) is 0.881. The van der Waals surface area contributed by atoms with Crippen molar-refractivity contribution in [3.8, 4) is 0 Å². The number of halogens is 1. The molecule has 0 aliphatic heterocycles. The predicted molar refractivity (Wildman–Crippen MR) is 76.6 cm³/mol. The van der Waals surface area contributed by atoms with Gasteiger partial charge in [-0.1, -0.05) is 6.58 Å². The van der Waals surface area contributed by atoms with E-state index in [-0.39, 0.29) is 11.7 Å². The Morgan fingerprint density at radius 3 is 3.00 bits per heavy atom. The number of carbonyl (C=O) groups is 1. The predicted octanol–water partition coefficient (Wildman–Crippen LogP) is 2.69. The molecule has 2 aromatic rings. The minimum absolute atomic E-state index is 0.199. The molecular weight excluding hydrogens is 259 g/mol. The third-order valence-electron chi connectivity index (χ3n) is 2.61. The van der Waals surface area contributed by atoms with Gasteiger partial charge < -0.3 is 10.6 Å². The zero-order valence-electron chi connectivity index (χ0n) is 11.1. The zero-order chi connectivity index (χ0) is 14.5. The summed E-state index contributed by atoms with van der Waals surface area (Å²) >= 11 is 0. The van der Waals surface area contributed by atoms with E-state index in [1.807, 2.05) is 0 Å². The molecule has 0 aliphatic carbocycles. The molecule has 0 atom stereocenters. The van der Waals surface area contributed by atoms with Crippen molar-refractivity contribution in [1.29, 1.82) is 0 Å². The number of rotatable bonds is 5. The van der Waals surface area contributed by atoms with Gasteiger partial charge in [-0.2, -0.15) is 5.10 Å². The molecule has 0 spiro atoms. The van der Waals surface area contributed by atoms with Gasteiger partial charge in [-0.05, 0) is 18.2 Å². The average molecular weight is 274 g/mol. The second-order valence-electron chi connectivity index (χ2n) is 4.24. The van der Waals surface area contributed by atoms with Crippen molar-refractivity contribution in [2.75, 3.05) is 10.6 Å². The molecule has 0 aliphatic rings. The van der Waals surface area contributed by atoms with Crippen LogP contribution in [0.4, 0.5) is 15.8 Å². The summed E-state index contributed by atoms with van der Waals surface area (Å²) in [4.78, 5) is 11.0. The van der Waals surface area contributed by atoms with Gasteiger partial charge in [0.2, 0.25) is 5.91 Å². The maximum atomic E-state index is 13.7. The lowest BCUT2D eigenvalue weighted by Gasteiger charge is -2.09. The third kappa shape index (κ3) is 3.44. The molecule has 0 bridgehead atoms.